The van der Waals surface area contributed by atoms with Crippen LogP contribution in [-0.2, 0) is 0 Å². The van der Waals surface area contributed by atoms with Gasteiger partial charge in [0.2, 0.25) is 0 Å². The Hall–Kier alpha value is -1.61. The molecule has 0 saturated carbocycles. The average molecular weight is 216 g/mol. The van der Waals surface area contributed by atoms with Crippen molar-refractivity contribution in [1.29, 1.82) is 0 Å². The molecule has 0 fully saturated rings. The van der Waals surface area contributed by atoms with Crippen molar-refractivity contribution in [3.8, 4) is 5.75 Å². The Kier molecular flexibility index (Phi) is 2.83. The van der Waals surface area contributed by atoms with Crippen LogP contribution in [0.2, 0.25) is 0 Å². The molecule has 3 heteroatoms. The Morgan fingerprint density at radius 1 is 1.13 bits per heavy atom. The molecular formula is C12H10NOS. The van der Waals surface area contributed by atoms with Gasteiger partial charge in [0.15, 0.2) is 0 Å². The monoisotopic (exact) mass is 216 g/mol. The Labute approximate surface area is 92.7 Å². The topological polar surface area (TPSA) is 46.2 Å². The third-order valence-electron chi connectivity index (χ3n) is 1.85. The van der Waals surface area contributed by atoms with Crippen molar-refractivity contribution in [1.82, 2.24) is 0 Å². The maximum Gasteiger partial charge on any atom is 0.116 e. The number of rotatable bonds is 2. The van der Waals surface area contributed by atoms with Crippen LogP contribution in [0, 0.1) is 6.07 Å². The zero-order chi connectivity index (χ0) is 10.7. The van der Waals surface area contributed by atoms with E-state index in [1.54, 1.807) is 30.0 Å². The van der Waals surface area contributed by atoms with Crippen LogP contribution in [0.15, 0.2) is 52.3 Å². The van der Waals surface area contributed by atoms with Gasteiger partial charge in [-0.3, -0.25) is 0 Å². The van der Waals surface area contributed by atoms with Gasteiger partial charge < -0.3 is 10.8 Å². The number of hydrogen-bond acceptors (Lipinski definition) is 3. The van der Waals surface area contributed by atoms with E-state index in [2.05, 4.69) is 6.07 Å². The quantitative estimate of drug-likeness (QED) is 0.759. The Morgan fingerprint density at radius 3 is 2.67 bits per heavy atom. The highest BCUT2D eigenvalue weighted by Crippen LogP contribution is 2.30. The number of phenols is 1. The molecule has 75 valence electrons. The van der Waals surface area contributed by atoms with Crippen LogP contribution in [0.1, 0.15) is 0 Å². The second kappa shape index (κ2) is 4.28. The minimum Gasteiger partial charge on any atom is -0.508 e. The van der Waals surface area contributed by atoms with Crippen molar-refractivity contribution in [3.05, 3.63) is 48.5 Å². The van der Waals surface area contributed by atoms with Crippen molar-refractivity contribution in [3.63, 3.8) is 0 Å². The van der Waals surface area contributed by atoms with Crippen LogP contribution < -0.4 is 5.73 Å². The van der Waals surface area contributed by atoms with E-state index < -0.39 is 0 Å². The van der Waals surface area contributed by atoms with Crippen LogP contribution in [0.5, 0.6) is 5.75 Å². The van der Waals surface area contributed by atoms with Crippen LogP contribution in [0.3, 0.4) is 0 Å². The molecule has 0 atom stereocenters. The predicted octanol–water partition coefficient (Wildman–Crippen LogP) is 2.93. The van der Waals surface area contributed by atoms with E-state index in [1.165, 1.54) is 0 Å². The Morgan fingerprint density at radius 2 is 1.93 bits per heavy atom. The highest BCUT2D eigenvalue weighted by Gasteiger charge is 1.98. The summed E-state index contributed by atoms with van der Waals surface area (Å²) in [6, 6.07) is 15.6. The Bertz CT molecular complexity index is 427. The van der Waals surface area contributed by atoms with Gasteiger partial charge in [0, 0.05) is 21.5 Å². The highest BCUT2D eigenvalue weighted by molar-refractivity contribution is 7.99. The number of nitrogens with two attached hydrogens (primary N) is 1. The molecule has 0 saturated heterocycles. The van der Waals surface area contributed by atoms with Gasteiger partial charge in [0.25, 0.3) is 0 Å². The fourth-order valence-corrected chi connectivity index (χ4v) is 2.13. The van der Waals surface area contributed by atoms with Crippen LogP contribution in [-0.4, -0.2) is 5.11 Å². The number of nitrogen functional groups attached to an aromatic ring is 1. The normalized spacial score (nSPS) is 10.1. The predicted molar refractivity (Wildman–Crippen MR) is 61.9 cm³/mol. The summed E-state index contributed by atoms with van der Waals surface area (Å²) in [7, 11) is 0. The zero-order valence-corrected chi connectivity index (χ0v) is 8.79. The summed E-state index contributed by atoms with van der Waals surface area (Å²) in [5.41, 5.74) is 6.25. The van der Waals surface area contributed by atoms with E-state index in [1.807, 2.05) is 24.3 Å². The van der Waals surface area contributed by atoms with Crippen LogP contribution >= 0.6 is 11.8 Å². The first kappa shape index (κ1) is 9.93. The summed E-state index contributed by atoms with van der Waals surface area (Å²) in [5, 5.41) is 9.30. The largest absolute Gasteiger partial charge is 0.508 e. The second-order valence-electron chi connectivity index (χ2n) is 3.08. The number of aromatic hydroxyl groups is 1. The van der Waals surface area contributed by atoms with Crippen molar-refractivity contribution in [2.24, 2.45) is 0 Å². The number of benzene rings is 2. The van der Waals surface area contributed by atoms with Crippen LogP contribution in [0.25, 0.3) is 0 Å². The molecule has 0 bridgehead atoms. The van der Waals surface area contributed by atoms with Crippen molar-refractivity contribution in [2.45, 2.75) is 9.79 Å². The summed E-state index contributed by atoms with van der Waals surface area (Å²) in [6.45, 7) is 0. The zero-order valence-electron chi connectivity index (χ0n) is 7.97. The SMILES string of the molecule is Nc1[c]ccc(Sc2cccc(O)c2)c1. The van der Waals surface area contributed by atoms with Gasteiger partial charge in [-0.2, -0.15) is 0 Å². The maximum atomic E-state index is 9.30. The van der Waals surface area contributed by atoms with Gasteiger partial charge in [0.05, 0.1) is 0 Å². The van der Waals surface area contributed by atoms with E-state index in [9.17, 15) is 5.11 Å². The van der Waals surface area contributed by atoms with Gasteiger partial charge >= 0.3 is 0 Å². The van der Waals surface area contributed by atoms with E-state index >= 15 is 0 Å². The summed E-state index contributed by atoms with van der Waals surface area (Å²) < 4.78 is 0. The number of phenolic OH excluding ortho intramolecular Hbond substituents is 1. The summed E-state index contributed by atoms with van der Waals surface area (Å²) in [6.07, 6.45) is 0. The third kappa shape index (κ3) is 2.67. The first-order chi connectivity index (χ1) is 7.24. The molecule has 3 N–H and O–H groups in total. The van der Waals surface area contributed by atoms with Gasteiger partial charge in [-0.15, -0.1) is 0 Å². The molecule has 0 spiro atoms. The lowest BCUT2D eigenvalue weighted by Gasteiger charge is -2.02. The van der Waals surface area contributed by atoms with E-state index in [-0.39, 0.29) is 5.75 Å². The number of hydrogen-bond donors (Lipinski definition) is 2. The molecule has 0 aliphatic rings. The molecule has 0 aromatic heterocycles. The summed E-state index contributed by atoms with van der Waals surface area (Å²) >= 11 is 1.56. The first-order valence-electron chi connectivity index (χ1n) is 4.48. The summed E-state index contributed by atoms with van der Waals surface area (Å²) in [5.74, 6) is 0.274. The van der Waals surface area contributed by atoms with Crippen molar-refractivity contribution >= 4 is 17.4 Å². The van der Waals surface area contributed by atoms with Gasteiger partial charge in [-0.25, -0.2) is 0 Å². The van der Waals surface area contributed by atoms with Crippen molar-refractivity contribution in [2.75, 3.05) is 5.73 Å². The van der Waals surface area contributed by atoms with Crippen molar-refractivity contribution < 1.29 is 5.11 Å². The van der Waals surface area contributed by atoms with Gasteiger partial charge in [0.1, 0.15) is 5.75 Å². The molecule has 1 radical (unpaired) electrons. The average Bonchev–Trinajstić information content (AvgIpc) is 2.17. The van der Waals surface area contributed by atoms with Gasteiger partial charge in [-0.1, -0.05) is 23.9 Å². The molecule has 0 unspecified atom stereocenters. The smallest absolute Gasteiger partial charge is 0.116 e. The molecular weight excluding hydrogens is 206 g/mol. The minimum absolute atomic E-state index is 0.274. The van der Waals surface area contributed by atoms with Gasteiger partial charge in [-0.05, 0) is 30.3 Å². The molecule has 2 aromatic rings. The third-order valence-corrected chi connectivity index (χ3v) is 2.83. The Balaban J connectivity index is 2.22. The molecule has 0 heterocycles. The molecule has 2 nitrogen and oxygen atoms in total. The molecule has 0 aliphatic carbocycles. The van der Waals surface area contributed by atoms with E-state index in [4.69, 9.17) is 5.73 Å². The molecule has 0 amide bonds. The summed E-state index contributed by atoms with van der Waals surface area (Å²) in [4.78, 5) is 2.03. The van der Waals surface area contributed by atoms with E-state index in [0.29, 0.717) is 5.69 Å². The second-order valence-corrected chi connectivity index (χ2v) is 4.23. The lowest BCUT2D eigenvalue weighted by molar-refractivity contribution is 0.474. The highest BCUT2D eigenvalue weighted by atomic mass is 32.2. The minimum atomic E-state index is 0.274. The number of anilines is 1. The lowest BCUT2D eigenvalue weighted by atomic mass is 10.3. The standard InChI is InChI=1S/C12H10NOS/c13-9-3-1-5-11(7-9)15-12-6-2-4-10(14)8-12/h1-2,4-8,14H,13H2. The maximum absolute atomic E-state index is 9.30. The fraction of sp³-hybridized carbons (Fsp3) is 0. The molecule has 2 rings (SSSR count). The molecule has 2 aromatic carbocycles. The lowest BCUT2D eigenvalue weighted by Crippen LogP contribution is -1.83. The fourth-order valence-electron chi connectivity index (χ4n) is 1.21. The molecule has 0 aliphatic heterocycles. The molecule has 15 heavy (non-hydrogen) atoms. The first-order valence-corrected chi connectivity index (χ1v) is 5.30. The van der Waals surface area contributed by atoms with Crippen LogP contribution in [0.4, 0.5) is 5.69 Å². The van der Waals surface area contributed by atoms with E-state index in [0.717, 1.165) is 9.79 Å².